The molecular formula is C34H40F3N7O5. The Balaban J connectivity index is 1.40. The van der Waals surface area contributed by atoms with Gasteiger partial charge in [-0.1, -0.05) is 74.5 Å². The Morgan fingerprint density at radius 1 is 1.08 bits per heavy atom. The van der Waals surface area contributed by atoms with Crippen molar-refractivity contribution in [2.45, 2.75) is 62.9 Å². The van der Waals surface area contributed by atoms with E-state index < -0.39 is 43.3 Å². The summed E-state index contributed by atoms with van der Waals surface area (Å²) in [7, 11) is 0. The third kappa shape index (κ3) is 7.20. The molecule has 4 heterocycles. The van der Waals surface area contributed by atoms with Crippen molar-refractivity contribution in [3.8, 4) is 0 Å². The first-order valence-electron chi connectivity index (χ1n) is 16.4. The van der Waals surface area contributed by atoms with E-state index in [1.807, 2.05) is 36.4 Å². The zero-order valence-electron chi connectivity index (χ0n) is 27.2. The van der Waals surface area contributed by atoms with Gasteiger partial charge in [0.05, 0.1) is 12.9 Å². The van der Waals surface area contributed by atoms with E-state index in [1.54, 1.807) is 0 Å². The Bertz CT molecular complexity index is 1670. The van der Waals surface area contributed by atoms with Gasteiger partial charge in [0.25, 0.3) is 0 Å². The van der Waals surface area contributed by atoms with Gasteiger partial charge in [-0.05, 0) is 30.6 Å². The Kier molecular flexibility index (Phi) is 10.3. The molecule has 15 heteroatoms. The van der Waals surface area contributed by atoms with Crippen LogP contribution < -0.4 is 10.2 Å². The van der Waals surface area contributed by atoms with Crippen molar-refractivity contribution in [3.05, 3.63) is 78.1 Å². The molecule has 12 nitrogen and oxygen atoms in total. The molecule has 0 amide bonds. The van der Waals surface area contributed by atoms with Crippen LogP contribution in [-0.2, 0) is 14.3 Å². The smallest absolute Gasteiger partial charge is 0.448 e. The quantitative estimate of drug-likeness (QED) is 0.189. The number of esters is 1. The Morgan fingerprint density at radius 3 is 2.33 bits per heavy atom. The highest BCUT2D eigenvalue weighted by Crippen LogP contribution is 2.37. The number of aliphatic hydroxyl groups is 2. The van der Waals surface area contributed by atoms with E-state index in [9.17, 15) is 28.2 Å². The lowest BCUT2D eigenvalue weighted by atomic mass is 9.91. The second-order valence-corrected chi connectivity index (χ2v) is 12.2. The average molecular weight is 684 g/mol. The summed E-state index contributed by atoms with van der Waals surface area (Å²) in [6.45, 7) is 7.04. The van der Waals surface area contributed by atoms with Crippen molar-refractivity contribution in [2.24, 2.45) is 0 Å². The zero-order valence-corrected chi connectivity index (χ0v) is 27.2. The van der Waals surface area contributed by atoms with Crippen LogP contribution in [0.2, 0.25) is 0 Å². The topological polar surface area (TPSA) is 138 Å². The first kappa shape index (κ1) is 34.5. The summed E-state index contributed by atoms with van der Waals surface area (Å²) in [5, 5.41) is 24.0. The Morgan fingerprint density at radius 2 is 1.73 bits per heavy atom. The monoisotopic (exact) mass is 683 g/mol. The number of nitrogens with zero attached hydrogens (tertiary/aromatic N) is 6. The zero-order chi connectivity index (χ0) is 34.7. The second kappa shape index (κ2) is 14.7. The van der Waals surface area contributed by atoms with Crippen molar-refractivity contribution < 1.29 is 37.7 Å². The number of benzene rings is 2. The number of alkyl halides is 3. The van der Waals surface area contributed by atoms with E-state index in [0.717, 1.165) is 30.6 Å². The fourth-order valence-electron chi connectivity index (χ4n) is 6.73. The molecule has 1 unspecified atom stereocenters. The molecule has 0 radical (unpaired) electrons. The maximum atomic E-state index is 13.2. The van der Waals surface area contributed by atoms with E-state index in [2.05, 4.69) is 58.2 Å². The lowest BCUT2D eigenvalue weighted by Gasteiger charge is -2.26. The molecule has 2 saturated heterocycles. The predicted octanol–water partition coefficient (Wildman–Crippen LogP) is 3.72. The number of carbonyl (C=O) groups is 1. The van der Waals surface area contributed by atoms with Gasteiger partial charge < -0.3 is 29.9 Å². The lowest BCUT2D eigenvalue weighted by molar-refractivity contribution is -0.211. The SMILES string of the molecule is CCN(CC)C1CCN(c2nc(NCC(c3ccccc3)c3ccccc3)c3ncn([C@@H]4O[C@H](CO)[C@@H](O)[C@H]4OC(=O)C(F)(F)F)c3n2)C1. The van der Waals surface area contributed by atoms with E-state index in [4.69, 9.17) is 19.4 Å². The highest BCUT2D eigenvalue weighted by molar-refractivity contribution is 5.84. The first-order valence-corrected chi connectivity index (χ1v) is 16.4. The number of rotatable bonds is 12. The molecule has 0 spiro atoms. The maximum Gasteiger partial charge on any atom is 0.490 e. The Hall–Kier alpha value is -4.31. The van der Waals surface area contributed by atoms with Crippen molar-refractivity contribution >= 4 is 28.9 Å². The Labute approximate surface area is 281 Å². The molecule has 2 aliphatic rings. The fraction of sp³-hybridized carbons (Fsp3) is 0.471. The number of imidazole rings is 1. The van der Waals surface area contributed by atoms with Crippen LogP contribution in [0.4, 0.5) is 24.9 Å². The van der Waals surface area contributed by atoms with E-state index in [1.165, 1.54) is 10.9 Å². The van der Waals surface area contributed by atoms with Gasteiger partial charge in [-0.3, -0.25) is 9.47 Å². The molecule has 2 aromatic carbocycles. The van der Waals surface area contributed by atoms with E-state index >= 15 is 0 Å². The first-order chi connectivity index (χ1) is 23.6. The van der Waals surface area contributed by atoms with Crippen molar-refractivity contribution in [2.75, 3.05) is 49.5 Å². The summed E-state index contributed by atoms with van der Waals surface area (Å²) in [6, 6.07) is 20.3. The van der Waals surface area contributed by atoms with Crippen molar-refractivity contribution in [3.63, 3.8) is 0 Å². The number of fused-ring (bicyclic) bond motifs is 1. The van der Waals surface area contributed by atoms with Gasteiger partial charge in [-0.15, -0.1) is 0 Å². The minimum Gasteiger partial charge on any atom is -0.448 e. The van der Waals surface area contributed by atoms with Crippen LogP contribution in [0.5, 0.6) is 0 Å². The van der Waals surface area contributed by atoms with Crippen LogP contribution in [0.15, 0.2) is 67.0 Å². The van der Waals surface area contributed by atoms with Crippen LogP contribution >= 0.6 is 0 Å². The molecular weight excluding hydrogens is 643 g/mol. The number of anilines is 2. The number of hydrogen-bond donors (Lipinski definition) is 3. The van der Waals surface area contributed by atoms with Gasteiger partial charge in [0.1, 0.15) is 12.2 Å². The molecule has 2 aromatic heterocycles. The number of halogens is 3. The third-order valence-electron chi connectivity index (χ3n) is 9.30. The highest BCUT2D eigenvalue weighted by Gasteiger charge is 2.51. The van der Waals surface area contributed by atoms with Crippen LogP contribution in [0.3, 0.4) is 0 Å². The summed E-state index contributed by atoms with van der Waals surface area (Å²) in [5.74, 6) is -1.79. The molecule has 0 saturated carbocycles. The van der Waals surface area contributed by atoms with Gasteiger partial charge >= 0.3 is 12.1 Å². The van der Waals surface area contributed by atoms with Crippen LogP contribution in [0.25, 0.3) is 11.2 Å². The minimum absolute atomic E-state index is 0.0680. The summed E-state index contributed by atoms with van der Waals surface area (Å²) in [6.07, 6.45) is -9.46. The van der Waals surface area contributed by atoms with Crippen molar-refractivity contribution in [1.82, 2.24) is 24.4 Å². The lowest BCUT2D eigenvalue weighted by Crippen LogP contribution is -2.40. The predicted molar refractivity (Wildman–Crippen MR) is 175 cm³/mol. The number of hydrogen-bond acceptors (Lipinski definition) is 11. The van der Waals surface area contributed by atoms with Gasteiger partial charge in [-0.25, -0.2) is 9.78 Å². The highest BCUT2D eigenvalue weighted by atomic mass is 19.4. The molecule has 0 bridgehead atoms. The largest absolute Gasteiger partial charge is 0.490 e. The fourth-order valence-corrected chi connectivity index (χ4v) is 6.73. The van der Waals surface area contributed by atoms with E-state index in [-0.39, 0.29) is 17.6 Å². The summed E-state index contributed by atoms with van der Waals surface area (Å²) >= 11 is 0. The normalized spacial score (nSPS) is 22.8. The van der Waals surface area contributed by atoms with Gasteiger partial charge in [0, 0.05) is 31.6 Å². The van der Waals surface area contributed by atoms with Gasteiger partial charge in [-0.2, -0.15) is 23.1 Å². The number of nitrogens with one attached hydrogen (secondary N) is 1. The number of ether oxygens (including phenoxy) is 2. The second-order valence-electron chi connectivity index (χ2n) is 12.2. The van der Waals surface area contributed by atoms with Gasteiger partial charge in [0.15, 0.2) is 29.3 Å². The molecule has 4 aromatic rings. The number of carbonyl (C=O) groups excluding carboxylic acids is 1. The molecule has 0 aliphatic carbocycles. The number of aliphatic hydroxyl groups excluding tert-OH is 2. The molecule has 3 N–H and O–H groups in total. The number of aromatic nitrogens is 4. The number of likely N-dealkylation sites (N-methyl/N-ethyl adjacent to an activating group) is 1. The average Bonchev–Trinajstić information content (AvgIpc) is 3.84. The molecule has 2 fully saturated rings. The maximum absolute atomic E-state index is 13.2. The van der Waals surface area contributed by atoms with E-state index in [0.29, 0.717) is 36.9 Å². The summed E-state index contributed by atoms with van der Waals surface area (Å²) in [5.41, 5.74) is 2.65. The molecule has 6 rings (SSSR count). The minimum atomic E-state index is -5.31. The third-order valence-corrected chi connectivity index (χ3v) is 9.30. The van der Waals surface area contributed by atoms with Gasteiger partial charge in [0.2, 0.25) is 5.95 Å². The standard InChI is InChI=1S/C34H40F3N7O5/c1-3-42(4-2)23-15-16-43(18-23)33-40-29(38-17-24(21-11-7-5-8-12-21)22-13-9-6-10-14-22)26-30(41-33)44(20-39-26)31-28(27(46)25(19-45)48-31)49-32(47)34(35,36)37/h5-14,20,23-25,27-28,31,45-46H,3-4,15-19H2,1-2H3,(H,38,40,41)/t23?,25-,27-,28-,31-/m1/s1. The van der Waals surface area contributed by atoms with Crippen molar-refractivity contribution in [1.29, 1.82) is 0 Å². The van der Waals surface area contributed by atoms with Crippen LogP contribution in [-0.4, -0.2) is 110 Å². The summed E-state index contributed by atoms with van der Waals surface area (Å²) < 4.78 is 51.6. The molecule has 262 valence electrons. The van der Waals surface area contributed by atoms with Crippen LogP contribution in [0, 0.1) is 0 Å². The van der Waals surface area contributed by atoms with Crippen LogP contribution in [0.1, 0.15) is 43.5 Å². The molecule has 5 atom stereocenters. The molecule has 49 heavy (non-hydrogen) atoms. The summed E-state index contributed by atoms with van der Waals surface area (Å²) in [4.78, 5) is 30.6. The molecule has 2 aliphatic heterocycles.